The van der Waals surface area contributed by atoms with Gasteiger partial charge in [-0.3, -0.25) is 9.80 Å². The predicted octanol–water partition coefficient (Wildman–Crippen LogP) is 5.20. The second-order valence-electron chi connectivity index (χ2n) is 9.29. The second kappa shape index (κ2) is 9.50. The Labute approximate surface area is 204 Å². The Morgan fingerprint density at radius 3 is 2.40 bits per heavy atom. The highest BCUT2D eigenvalue weighted by Crippen LogP contribution is 2.47. The molecule has 2 aliphatic rings. The van der Waals surface area contributed by atoms with Crippen LogP contribution < -0.4 is 10.2 Å². The van der Waals surface area contributed by atoms with Crippen molar-refractivity contribution in [3.63, 3.8) is 0 Å². The number of methoxy groups -OCH3 is 1. The van der Waals surface area contributed by atoms with Crippen LogP contribution in [0.1, 0.15) is 34.3 Å². The molecule has 180 valence electrons. The molecule has 35 heavy (non-hydrogen) atoms. The topological polar surface area (TPSA) is 61.9 Å². The van der Waals surface area contributed by atoms with Gasteiger partial charge in [0, 0.05) is 29.9 Å². The SMILES string of the molecule is COC(=O)c1ccc(CN2CCC3(CC2)CN(C(=O)Nc2ccccc2)c2ccc(F)cc23)cc1. The van der Waals surface area contributed by atoms with E-state index in [2.05, 4.69) is 10.2 Å². The van der Waals surface area contributed by atoms with Gasteiger partial charge < -0.3 is 10.1 Å². The third kappa shape index (κ3) is 4.64. The lowest BCUT2D eigenvalue weighted by atomic mass is 9.74. The summed E-state index contributed by atoms with van der Waals surface area (Å²) in [5, 5.41) is 2.97. The molecule has 2 aliphatic heterocycles. The van der Waals surface area contributed by atoms with Gasteiger partial charge in [-0.15, -0.1) is 0 Å². The minimum Gasteiger partial charge on any atom is -0.465 e. The van der Waals surface area contributed by atoms with Gasteiger partial charge in [0.1, 0.15) is 5.82 Å². The summed E-state index contributed by atoms with van der Waals surface area (Å²) in [7, 11) is 1.37. The fourth-order valence-electron chi connectivity index (χ4n) is 5.22. The lowest BCUT2D eigenvalue weighted by Gasteiger charge is -2.40. The molecule has 2 heterocycles. The van der Waals surface area contributed by atoms with Gasteiger partial charge in [-0.1, -0.05) is 30.3 Å². The number of carbonyl (C=O) groups excluding carboxylic acids is 2. The molecule has 0 saturated carbocycles. The zero-order valence-electron chi connectivity index (χ0n) is 19.7. The van der Waals surface area contributed by atoms with E-state index in [1.54, 1.807) is 29.2 Å². The minimum absolute atomic E-state index is 0.200. The fraction of sp³-hybridized carbons (Fsp3) is 0.286. The molecule has 1 spiro atoms. The van der Waals surface area contributed by atoms with Crippen LogP contribution in [0.4, 0.5) is 20.6 Å². The molecule has 0 bridgehead atoms. The molecule has 2 amide bonds. The van der Waals surface area contributed by atoms with E-state index in [1.807, 2.05) is 42.5 Å². The van der Waals surface area contributed by atoms with E-state index in [9.17, 15) is 14.0 Å². The minimum atomic E-state index is -0.343. The number of hydrogen-bond acceptors (Lipinski definition) is 4. The number of benzene rings is 3. The zero-order chi connectivity index (χ0) is 24.4. The number of amides is 2. The number of fused-ring (bicyclic) bond motifs is 2. The largest absolute Gasteiger partial charge is 0.465 e. The van der Waals surface area contributed by atoms with Crippen LogP contribution in [0.25, 0.3) is 0 Å². The van der Waals surface area contributed by atoms with E-state index in [0.29, 0.717) is 12.1 Å². The Bertz CT molecular complexity index is 1220. The highest BCUT2D eigenvalue weighted by Gasteiger charge is 2.46. The monoisotopic (exact) mass is 473 g/mol. The molecule has 0 radical (unpaired) electrons. The maximum Gasteiger partial charge on any atom is 0.337 e. The lowest BCUT2D eigenvalue weighted by Crippen LogP contribution is -2.46. The number of piperidine rings is 1. The molecule has 0 atom stereocenters. The van der Waals surface area contributed by atoms with Crippen molar-refractivity contribution in [3.05, 3.63) is 95.3 Å². The number of para-hydroxylation sites is 1. The maximum atomic E-state index is 14.3. The van der Waals surface area contributed by atoms with Crippen molar-refractivity contribution in [1.82, 2.24) is 4.90 Å². The smallest absolute Gasteiger partial charge is 0.337 e. The van der Waals surface area contributed by atoms with Crippen molar-refractivity contribution in [2.24, 2.45) is 0 Å². The molecule has 1 N–H and O–H groups in total. The van der Waals surface area contributed by atoms with Crippen molar-refractivity contribution in [2.45, 2.75) is 24.8 Å². The van der Waals surface area contributed by atoms with Gasteiger partial charge in [-0.25, -0.2) is 14.0 Å². The summed E-state index contributed by atoms with van der Waals surface area (Å²) in [4.78, 5) is 29.0. The molecular formula is C28H28FN3O3. The van der Waals surface area contributed by atoms with Crippen molar-refractivity contribution in [2.75, 3.05) is 37.0 Å². The van der Waals surface area contributed by atoms with Gasteiger partial charge in [0.05, 0.1) is 12.7 Å². The van der Waals surface area contributed by atoms with Gasteiger partial charge >= 0.3 is 12.0 Å². The van der Waals surface area contributed by atoms with Crippen LogP contribution in [-0.4, -0.2) is 43.6 Å². The van der Waals surface area contributed by atoms with E-state index in [0.717, 1.165) is 55.0 Å². The van der Waals surface area contributed by atoms with E-state index >= 15 is 0 Å². The normalized spacial score (nSPS) is 16.7. The number of nitrogens with one attached hydrogen (secondary N) is 1. The molecule has 3 aromatic rings. The summed E-state index contributed by atoms with van der Waals surface area (Å²) in [5.41, 5.74) is 3.82. The number of hydrogen-bond donors (Lipinski definition) is 1. The molecule has 1 fully saturated rings. The first-order valence-electron chi connectivity index (χ1n) is 11.8. The maximum absolute atomic E-state index is 14.3. The summed E-state index contributed by atoms with van der Waals surface area (Å²) >= 11 is 0. The molecule has 1 saturated heterocycles. The average molecular weight is 474 g/mol. The average Bonchev–Trinajstić information content (AvgIpc) is 3.19. The van der Waals surface area contributed by atoms with Crippen LogP contribution in [0.3, 0.4) is 0 Å². The number of halogens is 1. The van der Waals surface area contributed by atoms with Crippen LogP contribution in [0, 0.1) is 5.82 Å². The summed E-state index contributed by atoms with van der Waals surface area (Å²) in [6, 6.07) is 21.4. The molecule has 5 rings (SSSR count). The third-order valence-electron chi connectivity index (χ3n) is 7.15. The van der Waals surface area contributed by atoms with Gasteiger partial charge in [-0.2, -0.15) is 0 Å². The van der Waals surface area contributed by atoms with Gasteiger partial charge in [0.25, 0.3) is 0 Å². The summed E-state index contributed by atoms with van der Waals surface area (Å²) in [5.74, 6) is -0.619. The Balaban J connectivity index is 1.29. The van der Waals surface area contributed by atoms with Crippen LogP contribution in [0.15, 0.2) is 72.8 Å². The molecule has 0 aromatic heterocycles. The molecule has 0 unspecified atom stereocenters. The van der Waals surface area contributed by atoms with Gasteiger partial charge in [-0.05, 0) is 79.5 Å². The van der Waals surface area contributed by atoms with Crippen LogP contribution in [0.2, 0.25) is 0 Å². The summed E-state index contributed by atoms with van der Waals surface area (Å²) < 4.78 is 19.1. The lowest BCUT2D eigenvalue weighted by molar-refractivity contribution is 0.0600. The van der Waals surface area contributed by atoms with Crippen molar-refractivity contribution in [1.29, 1.82) is 0 Å². The van der Waals surface area contributed by atoms with Crippen molar-refractivity contribution < 1.29 is 18.7 Å². The Kier molecular flexibility index (Phi) is 6.26. The Morgan fingerprint density at radius 2 is 1.71 bits per heavy atom. The van der Waals surface area contributed by atoms with Crippen LogP contribution in [0.5, 0.6) is 0 Å². The molecule has 3 aromatic carbocycles. The fourth-order valence-corrected chi connectivity index (χ4v) is 5.22. The molecule has 0 aliphatic carbocycles. The Morgan fingerprint density at radius 1 is 1.00 bits per heavy atom. The van der Waals surface area contributed by atoms with E-state index in [-0.39, 0.29) is 23.2 Å². The van der Waals surface area contributed by atoms with E-state index in [4.69, 9.17) is 4.74 Å². The number of urea groups is 1. The number of anilines is 2. The first kappa shape index (κ1) is 23.1. The number of esters is 1. The van der Waals surface area contributed by atoms with Crippen LogP contribution >= 0.6 is 0 Å². The Hall–Kier alpha value is -3.71. The van der Waals surface area contributed by atoms with Crippen molar-refractivity contribution in [3.8, 4) is 0 Å². The van der Waals surface area contributed by atoms with E-state index in [1.165, 1.54) is 13.2 Å². The first-order chi connectivity index (χ1) is 17.0. The first-order valence-corrected chi connectivity index (χ1v) is 11.8. The second-order valence-corrected chi connectivity index (χ2v) is 9.29. The van der Waals surface area contributed by atoms with Crippen molar-refractivity contribution >= 4 is 23.4 Å². The third-order valence-corrected chi connectivity index (χ3v) is 7.15. The van der Waals surface area contributed by atoms with Gasteiger partial charge in [0.2, 0.25) is 0 Å². The molecule has 7 heteroatoms. The van der Waals surface area contributed by atoms with Gasteiger partial charge in [0.15, 0.2) is 0 Å². The highest BCUT2D eigenvalue weighted by atomic mass is 19.1. The number of rotatable bonds is 4. The summed E-state index contributed by atoms with van der Waals surface area (Å²) in [6.45, 7) is 2.98. The standard InChI is InChI=1S/C28H28FN3O3/c1-35-26(33)21-9-7-20(8-10-21)18-31-15-13-28(14-16-31)19-32(25-12-11-22(29)17-24(25)28)27(34)30-23-5-3-2-4-6-23/h2-12,17H,13-16,18-19H2,1H3,(H,30,34). The molecule has 6 nitrogen and oxygen atoms in total. The number of nitrogens with zero attached hydrogens (tertiary/aromatic N) is 2. The van der Waals surface area contributed by atoms with E-state index < -0.39 is 0 Å². The highest BCUT2D eigenvalue weighted by molar-refractivity contribution is 6.03. The number of likely N-dealkylation sites (tertiary alicyclic amines) is 1. The quantitative estimate of drug-likeness (QED) is 0.529. The predicted molar refractivity (Wildman–Crippen MR) is 133 cm³/mol. The molecular weight excluding hydrogens is 445 g/mol. The number of ether oxygens (including phenoxy) is 1. The zero-order valence-corrected chi connectivity index (χ0v) is 19.7. The van der Waals surface area contributed by atoms with Crippen LogP contribution in [-0.2, 0) is 16.7 Å². The summed E-state index contributed by atoms with van der Waals surface area (Å²) in [6.07, 6.45) is 1.66. The number of carbonyl (C=O) groups is 2.